The fourth-order valence-corrected chi connectivity index (χ4v) is 4.27. The molecule has 0 atom stereocenters. The van der Waals surface area contributed by atoms with E-state index in [0.717, 1.165) is 50.5 Å². The number of nitro groups is 1. The Morgan fingerprint density at radius 3 is 2.22 bits per heavy atom. The summed E-state index contributed by atoms with van der Waals surface area (Å²) in [6, 6.07) is 22.7. The quantitative estimate of drug-likeness (QED) is 0.200. The highest BCUT2D eigenvalue weighted by Gasteiger charge is 2.11. The van der Waals surface area contributed by atoms with Crippen LogP contribution in [0, 0.1) is 37.8 Å². The van der Waals surface area contributed by atoms with Gasteiger partial charge in [0.25, 0.3) is 5.69 Å². The third kappa shape index (κ3) is 5.41. The third-order valence-corrected chi connectivity index (χ3v) is 6.26. The predicted octanol–water partition coefficient (Wildman–Crippen LogP) is 5.98. The first kappa shape index (κ1) is 24.6. The van der Waals surface area contributed by atoms with Gasteiger partial charge in [0, 0.05) is 34.8 Å². The van der Waals surface area contributed by atoms with Gasteiger partial charge in [-0.15, -0.1) is 0 Å². The van der Waals surface area contributed by atoms with Crippen LogP contribution >= 0.6 is 0 Å². The molecule has 0 fully saturated rings. The number of aryl methyl sites for hydroxylation is 3. The topological polar surface area (TPSA) is 89.5 Å². The van der Waals surface area contributed by atoms with Crippen molar-refractivity contribution in [3.05, 3.63) is 117 Å². The molecule has 7 heteroatoms. The minimum Gasteiger partial charge on any atom is -0.318 e. The number of rotatable bonds is 7. The maximum atomic E-state index is 12.4. The number of benzene rings is 3. The van der Waals surface area contributed by atoms with Crippen LogP contribution in [-0.4, -0.2) is 21.6 Å². The van der Waals surface area contributed by atoms with E-state index in [1.54, 1.807) is 18.3 Å². The number of non-ortho nitro benzene ring substituents is 1. The van der Waals surface area contributed by atoms with Crippen molar-refractivity contribution in [2.45, 2.75) is 34.1 Å². The van der Waals surface area contributed by atoms with E-state index in [9.17, 15) is 14.9 Å². The second-order valence-electron chi connectivity index (χ2n) is 8.91. The number of nitro benzene ring substituents is 1. The largest absolute Gasteiger partial charge is 0.318 e. The number of carbonyl (C=O) groups is 1. The number of hydrazone groups is 1. The van der Waals surface area contributed by atoms with Gasteiger partial charge in [-0.3, -0.25) is 14.9 Å². The lowest BCUT2D eigenvalue weighted by atomic mass is 10.0. The Morgan fingerprint density at radius 2 is 1.58 bits per heavy atom. The molecule has 0 saturated heterocycles. The zero-order valence-corrected chi connectivity index (χ0v) is 20.8. The molecule has 1 N–H and O–H groups in total. The molecule has 0 spiro atoms. The second kappa shape index (κ2) is 10.4. The standard InChI is InChI=1S/C29H28N4O3/c1-19-5-6-20(2)25(15-19)17-29(34)31-30-18-26-16-21(3)32(22(26)4)27-11-7-23(8-12-27)24-9-13-28(14-10-24)33(35)36/h5-16,18H,17H2,1-4H3,(H,31,34)/b30-18+. The lowest BCUT2D eigenvalue weighted by Gasteiger charge is -2.11. The predicted molar refractivity (Wildman–Crippen MR) is 143 cm³/mol. The number of aromatic nitrogens is 1. The van der Waals surface area contributed by atoms with Gasteiger partial charge in [0.05, 0.1) is 17.6 Å². The van der Waals surface area contributed by atoms with Crippen molar-refractivity contribution in [3.8, 4) is 16.8 Å². The van der Waals surface area contributed by atoms with Crippen molar-refractivity contribution in [1.29, 1.82) is 0 Å². The Kier molecular flexibility index (Phi) is 7.10. The van der Waals surface area contributed by atoms with Gasteiger partial charge in [-0.25, -0.2) is 5.43 Å². The maximum absolute atomic E-state index is 12.4. The molecule has 4 rings (SSSR count). The Balaban J connectivity index is 1.46. The summed E-state index contributed by atoms with van der Waals surface area (Å²) in [7, 11) is 0. The van der Waals surface area contributed by atoms with E-state index in [-0.39, 0.29) is 18.0 Å². The van der Waals surface area contributed by atoms with Gasteiger partial charge in [-0.1, -0.05) is 35.9 Å². The van der Waals surface area contributed by atoms with Crippen LogP contribution < -0.4 is 5.43 Å². The van der Waals surface area contributed by atoms with E-state index in [1.165, 1.54) is 12.1 Å². The molecular formula is C29H28N4O3. The summed E-state index contributed by atoms with van der Waals surface area (Å²) >= 11 is 0. The van der Waals surface area contributed by atoms with E-state index < -0.39 is 4.92 Å². The molecule has 182 valence electrons. The van der Waals surface area contributed by atoms with Gasteiger partial charge in [-0.05, 0) is 80.3 Å². The first-order valence-electron chi connectivity index (χ1n) is 11.6. The number of nitrogens with zero attached hydrogens (tertiary/aromatic N) is 3. The molecule has 0 aliphatic heterocycles. The fraction of sp³-hybridized carbons (Fsp3) is 0.172. The third-order valence-electron chi connectivity index (χ3n) is 6.26. The van der Waals surface area contributed by atoms with E-state index in [4.69, 9.17) is 0 Å². The first-order valence-corrected chi connectivity index (χ1v) is 11.6. The highest BCUT2D eigenvalue weighted by atomic mass is 16.6. The Labute approximate surface area is 210 Å². The van der Waals surface area contributed by atoms with Crippen molar-refractivity contribution in [1.82, 2.24) is 9.99 Å². The number of amides is 1. The van der Waals surface area contributed by atoms with E-state index in [2.05, 4.69) is 15.1 Å². The van der Waals surface area contributed by atoms with Gasteiger partial charge >= 0.3 is 0 Å². The van der Waals surface area contributed by atoms with Crippen LogP contribution in [0.1, 0.15) is 33.6 Å². The first-order chi connectivity index (χ1) is 17.2. The van der Waals surface area contributed by atoms with Crippen molar-refractivity contribution in [2.24, 2.45) is 5.10 Å². The van der Waals surface area contributed by atoms with Gasteiger partial charge in [-0.2, -0.15) is 5.10 Å². The molecule has 0 bridgehead atoms. The molecule has 1 heterocycles. The lowest BCUT2D eigenvalue weighted by molar-refractivity contribution is -0.384. The number of hydrogen-bond donors (Lipinski definition) is 1. The Hall–Kier alpha value is -4.52. The Morgan fingerprint density at radius 1 is 0.944 bits per heavy atom. The lowest BCUT2D eigenvalue weighted by Crippen LogP contribution is -2.20. The molecule has 7 nitrogen and oxygen atoms in total. The van der Waals surface area contributed by atoms with E-state index >= 15 is 0 Å². The van der Waals surface area contributed by atoms with Crippen LogP contribution in [0.5, 0.6) is 0 Å². The fourth-order valence-electron chi connectivity index (χ4n) is 4.27. The van der Waals surface area contributed by atoms with Gasteiger partial charge in [0.2, 0.25) is 5.91 Å². The van der Waals surface area contributed by atoms with Crippen molar-refractivity contribution < 1.29 is 9.72 Å². The highest BCUT2D eigenvalue weighted by molar-refractivity contribution is 5.85. The SMILES string of the molecule is Cc1ccc(C)c(CC(=O)N/N=C/c2cc(C)n(-c3ccc(-c4ccc([N+](=O)[O-])cc4)cc3)c2C)c1. The average Bonchev–Trinajstić information content (AvgIpc) is 3.14. The molecule has 1 amide bonds. The zero-order chi connectivity index (χ0) is 25.8. The second-order valence-corrected chi connectivity index (χ2v) is 8.91. The van der Waals surface area contributed by atoms with Gasteiger partial charge in [0.1, 0.15) is 0 Å². The average molecular weight is 481 g/mol. The van der Waals surface area contributed by atoms with Gasteiger partial charge < -0.3 is 4.57 Å². The van der Waals surface area contributed by atoms with Crippen LogP contribution in [-0.2, 0) is 11.2 Å². The molecule has 3 aromatic carbocycles. The molecule has 0 aliphatic rings. The van der Waals surface area contributed by atoms with Gasteiger partial charge in [0.15, 0.2) is 0 Å². The molecule has 1 aromatic heterocycles. The summed E-state index contributed by atoms with van der Waals surface area (Å²) in [6.07, 6.45) is 1.95. The molecule has 0 unspecified atom stereocenters. The van der Waals surface area contributed by atoms with Crippen molar-refractivity contribution in [3.63, 3.8) is 0 Å². The van der Waals surface area contributed by atoms with Crippen molar-refractivity contribution >= 4 is 17.8 Å². The van der Waals surface area contributed by atoms with Crippen LogP contribution in [0.25, 0.3) is 16.8 Å². The zero-order valence-electron chi connectivity index (χ0n) is 20.8. The summed E-state index contributed by atoms with van der Waals surface area (Å²) < 4.78 is 2.12. The minimum atomic E-state index is -0.401. The highest BCUT2D eigenvalue weighted by Crippen LogP contribution is 2.26. The molecule has 0 aliphatic carbocycles. The summed E-state index contributed by atoms with van der Waals surface area (Å²) in [5.74, 6) is -0.157. The monoisotopic (exact) mass is 480 g/mol. The summed E-state index contributed by atoms with van der Waals surface area (Å²) in [5.41, 5.74) is 11.8. The maximum Gasteiger partial charge on any atom is 0.269 e. The van der Waals surface area contributed by atoms with Crippen LogP contribution in [0.2, 0.25) is 0 Å². The van der Waals surface area contributed by atoms with Crippen molar-refractivity contribution in [2.75, 3.05) is 0 Å². The summed E-state index contributed by atoms with van der Waals surface area (Å²) in [5, 5.41) is 15.1. The van der Waals surface area contributed by atoms with Crippen LogP contribution in [0.4, 0.5) is 5.69 Å². The van der Waals surface area contributed by atoms with E-state index in [0.29, 0.717) is 0 Å². The van der Waals surface area contributed by atoms with Crippen LogP contribution in [0.15, 0.2) is 77.9 Å². The smallest absolute Gasteiger partial charge is 0.269 e. The summed E-state index contributed by atoms with van der Waals surface area (Å²) in [6.45, 7) is 8.04. The number of carbonyl (C=O) groups excluding carboxylic acids is 1. The molecule has 4 aromatic rings. The number of hydrogen-bond acceptors (Lipinski definition) is 4. The molecule has 0 radical (unpaired) electrons. The Bertz CT molecular complexity index is 1450. The van der Waals surface area contributed by atoms with E-state index in [1.807, 2.05) is 76.2 Å². The molecule has 36 heavy (non-hydrogen) atoms. The minimum absolute atomic E-state index is 0.0737. The normalized spacial score (nSPS) is 11.1. The number of nitrogens with one attached hydrogen (secondary N) is 1. The molecular weight excluding hydrogens is 452 g/mol. The summed E-state index contributed by atoms with van der Waals surface area (Å²) in [4.78, 5) is 22.9. The van der Waals surface area contributed by atoms with Crippen LogP contribution in [0.3, 0.4) is 0 Å². The molecule has 0 saturated carbocycles.